The molecule has 0 saturated carbocycles. The molecule has 38 heteroatoms. The lowest BCUT2D eigenvalue weighted by molar-refractivity contribution is -0.144. The summed E-state index contributed by atoms with van der Waals surface area (Å²) in [6, 6.07) is 15.8. The maximum absolute atomic E-state index is 12.4. The smallest absolute Gasteiger partial charge is 0.326 e. The van der Waals surface area contributed by atoms with Crippen molar-refractivity contribution in [1.29, 1.82) is 0 Å². The number of hydrogen-bond donors (Lipinski definition) is 12. The number of benzene rings is 2. The minimum atomic E-state index is -1.27. The Hall–Kier alpha value is -10.2. The number of aliphatic carboxylic acids is 4. The van der Waals surface area contributed by atoms with Crippen LogP contribution in [0.5, 0.6) is 0 Å². The summed E-state index contributed by atoms with van der Waals surface area (Å²) < 4.78 is 42.9. The van der Waals surface area contributed by atoms with Crippen LogP contribution in [0.15, 0.2) is 60.7 Å². The average Bonchev–Trinajstić information content (AvgIpc) is 0.926. The van der Waals surface area contributed by atoms with Crippen LogP contribution in [-0.4, -0.2) is 283 Å². The number of hydrogen-bond acceptors (Lipinski definition) is 26. The van der Waals surface area contributed by atoms with Crippen molar-refractivity contribution in [1.82, 2.24) is 42.5 Å². The highest BCUT2D eigenvalue weighted by atomic mass is 16.5. The van der Waals surface area contributed by atoms with Crippen molar-refractivity contribution in [3.8, 4) is 0 Å². The van der Waals surface area contributed by atoms with Crippen LogP contribution in [0.3, 0.4) is 0 Å². The zero-order valence-corrected chi connectivity index (χ0v) is 79.9. The van der Waals surface area contributed by atoms with Crippen LogP contribution < -0.4 is 42.5 Å². The summed E-state index contributed by atoms with van der Waals surface area (Å²) in [6.45, 7) is 11.6. The van der Waals surface area contributed by atoms with Crippen molar-refractivity contribution in [3.63, 3.8) is 0 Å². The number of carbonyl (C=O) groups is 18. The third-order valence-electron chi connectivity index (χ3n) is 21.3. The molecule has 0 radical (unpaired) electrons. The van der Waals surface area contributed by atoms with Crippen molar-refractivity contribution >= 4 is 106 Å². The van der Waals surface area contributed by atoms with Crippen LogP contribution >= 0.6 is 0 Å². The predicted octanol–water partition coefficient (Wildman–Crippen LogP) is 8.06. The lowest BCUT2D eigenvalue weighted by Gasteiger charge is -2.14. The maximum Gasteiger partial charge on any atom is 0.326 e. The molecule has 0 fully saturated rings. The van der Waals surface area contributed by atoms with Gasteiger partial charge in [0.25, 0.3) is 0 Å². The number of carboxylic acids is 4. The normalized spacial score (nSPS) is 12.3. The van der Waals surface area contributed by atoms with Crippen LogP contribution in [0.25, 0.3) is 0 Å². The summed E-state index contributed by atoms with van der Waals surface area (Å²) in [5.41, 5.74) is 2.20. The molecule has 766 valence electrons. The van der Waals surface area contributed by atoms with Crippen molar-refractivity contribution in [2.75, 3.05) is 138 Å². The molecule has 38 nitrogen and oxygen atoms in total. The van der Waals surface area contributed by atoms with Gasteiger partial charge in [-0.25, -0.2) is 14.4 Å². The van der Waals surface area contributed by atoms with E-state index in [1.54, 1.807) is 6.92 Å². The first-order valence-electron chi connectivity index (χ1n) is 47.8. The number of ether oxygens (including phenoxy) is 8. The Morgan fingerprint density at radius 3 is 1.08 bits per heavy atom. The fourth-order valence-corrected chi connectivity index (χ4v) is 13.2. The van der Waals surface area contributed by atoms with Gasteiger partial charge in [0, 0.05) is 144 Å². The van der Waals surface area contributed by atoms with Gasteiger partial charge in [-0.15, -0.1) is 0 Å². The van der Waals surface area contributed by atoms with Crippen molar-refractivity contribution in [2.45, 2.75) is 277 Å². The second-order valence-electron chi connectivity index (χ2n) is 33.2. The second kappa shape index (κ2) is 82.1. The summed E-state index contributed by atoms with van der Waals surface area (Å²) in [6.07, 6.45) is 13.9. The highest BCUT2D eigenvalue weighted by molar-refractivity contribution is 5.89. The lowest BCUT2D eigenvalue weighted by atomic mass is 9.91. The van der Waals surface area contributed by atoms with E-state index in [1.165, 1.54) is 6.92 Å². The molecule has 0 heterocycles. The molecule has 2 aromatic carbocycles. The number of amides is 8. The Morgan fingerprint density at radius 1 is 0.289 bits per heavy atom. The van der Waals surface area contributed by atoms with E-state index in [4.69, 9.17) is 37.9 Å². The zero-order valence-electron chi connectivity index (χ0n) is 79.9. The van der Waals surface area contributed by atoms with Gasteiger partial charge in [0.1, 0.15) is 73.5 Å². The summed E-state index contributed by atoms with van der Waals surface area (Å²) in [5.74, 6) is -9.26. The van der Waals surface area contributed by atoms with Gasteiger partial charge in [0.15, 0.2) is 5.78 Å². The number of aryl methyl sites for hydroxylation is 2. The van der Waals surface area contributed by atoms with Crippen LogP contribution in [0.2, 0.25) is 0 Å². The molecule has 2 rings (SSSR count). The molecule has 6 atom stereocenters. The first-order valence-corrected chi connectivity index (χ1v) is 47.8. The molecule has 12 N–H and O–H groups in total. The summed E-state index contributed by atoms with van der Waals surface area (Å²) in [7, 11) is 0. The molecule has 135 heavy (non-hydrogen) atoms. The van der Waals surface area contributed by atoms with Gasteiger partial charge in [-0.2, -0.15) is 0 Å². The van der Waals surface area contributed by atoms with E-state index in [-0.39, 0.29) is 287 Å². The minimum absolute atomic E-state index is 0. The van der Waals surface area contributed by atoms with E-state index < -0.39 is 65.6 Å². The van der Waals surface area contributed by atoms with Crippen molar-refractivity contribution in [3.05, 3.63) is 71.8 Å². The molecule has 0 unspecified atom stereocenters. The fraction of sp³-hybridized carbons (Fsp3) is 0.691. The Bertz CT molecular complexity index is 3760. The molecule has 0 aliphatic heterocycles. The van der Waals surface area contributed by atoms with E-state index in [2.05, 4.69) is 49.5 Å². The maximum atomic E-state index is 12.4. The minimum Gasteiger partial charge on any atom is -0.481 e. The fourth-order valence-electron chi connectivity index (χ4n) is 13.2. The quantitative estimate of drug-likeness (QED) is 0.0278. The van der Waals surface area contributed by atoms with E-state index in [0.29, 0.717) is 123 Å². The SMILES string of the molecule is CC(=O)[C@H](C)CC(=O)[C@@H](C)CCCCNC(=O)COCCOCCCC(=O)COCCOCCNC(=O)CC[C@H](NC(=O)CCCCCNC(=O)CC[C@H](CC(=O)CCCc1ccccc1)C(=O)O)C(=O)O.CCCCCNC(=O)COCCOCCNC(=O)COCCOCCCC(=O)CC[C@H](NC(=O)CCCCCCC(=O)CC[C@H](NC(=O)CCCc1ccccc1)C(=O)O)C(=O)O.[HH].[HH]. The third-order valence-corrected chi connectivity index (χ3v) is 21.3. The van der Waals surface area contributed by atoms with Gasteiger partial charge in [0.2, 0.25) is 47.3 Å². The largest absolute Gasteiger partial charge is 0.481 e. The molecule has 0 aliphatic rings. The zero-order chi connectivity index (χ0) is 99.7. The summed E-state index contributed by atoms with van der Waals surface area (Å²) in [4.78, 5) is 217. The van der Waals surface area contributed by atoms with Crippen LogP contribution in [0.1, 0.15) is 260 Å². The van der Waals surface area contributed by atoms with E-state index in [0.717, 1.165) is 49.7 Å². The molecule has 2 aromatic rings. The van der Waals surface area contributed by atoms with E-state index >= 15 is 0 Å². The van der Waals surface area contributed by atoms with Gasteiger partial charge in [-0.3, -0.25) is 71.9 Å². The van der Waals surface area contributed by atoms with Crippen LogP contribution in [0.4, 0.5) is 0 Å². The Labute approximate surface area is 797 Å². The summed E-state index contributed by atoms with van der Waals surface area (Å²) >= 11 is 0. The van der Waals surface area contributed by atoms with Gasteiger partial charge < -0.3 is 101 Å². The van der Waals surface area contributed by atoms with Crippen molar-refractivity contribution < 1.29 is 147 Å². The number of rotatable bonds is 89. The van der Waals surface area contributed by atoms with E-state index in [1.807, 2.05) is 67.6 Å². The number of Topliss-reactive ketones (excluding diaryl/α,β-unsaturated/α-hetero) is 6. The topological polar surface area (TPSA) is 558 Å². The number of ketones is 6. The predicted molar refractivity (Wildman–Crippen MR) is 503 cm³/mol. The highest BCUT2D eigenvalue weighted by Gasteiger charge is 2.27. The van der Waals surface area contributed by atoms with Gasteiger partial charge in [0.05, 0.1) is 72.0 Å². The molecular formula is C97H158N8O30. The Balaban J connectivity index is 0. The van der Waals surface area contributed by atoms with E-state index in [9.17, 15) is 107 Å². The molecule has 0 saturated heterocycles. The first kappa shape index (κ1) is 123. The molecular weight excluding hydrogens is 1760 g/mol. The summed E-state index contributed by atoms with van der Waals surface area (Å²) in [5, 5.41) is 59.2. The first-order chi connectivity index (χ1) is 64.9. The standard InChI is InChI=1S/C52H82N4O16.C45H72N4O14.2H2/c1-38(46(60)34-39(2)40(3)57)14-9-11-26-54-50(64)37-72-33-30-69-28-13-19-44(59)36-71-32-31-70-29-27-55-48(62)24-22-45(52(67)68)56-49(63)20-8-5-10-25-53-47(61)23-21-42(51(65)66)35-43(58)18-12-17-41-15-6-4-7-16-41;1-2-3-11-25-46-42(54)33-63-32-30-61-28-26-47-43(55)34-62-31-29-60-27-13-18-37(51)22-24-38(44(56)57)48-40(52)19-10-5-4-9-17-36(50)21-23-39(45(58)59)49-41(53)20-12-16-35-14-7-6-8-15-35;;/h4,6-7,15-16,38-39,42,45H,5,8-14,17-37H2,1-3H3,(H,53,61)(H,54,64)(H,55,62)(H,56,63)(H,65,66)(H,67,68);6-8,14-15,38-39H,2-5,9-13,16-34H2,1H3,(H,46,54)(H,47,55)(H,48,52)(H,49,53)(H,56,57)(H,58,59);2*1H/t38-,39+,42+,45-;38-,39-;;/m00../s1. The molecule has 8 amide bonds. The van der Waals surface area contributed by atoms with Gasteiger partial charge in [-0.05, 0) is 127 Å². The number of carboxylic acid groups (broad SMARTS) is 4. The molecule has 0 spiro atoms. The molecule has 0 bridgehead atoms. The molecule has 0 aliphatic carbocycles. The highest BCUT2D eigenvalue weighted by Crippen LogP contribution is 2.19. The third kappa shape index (κ3) is 73.7. The van der Waals surface area contributed by atoms with Gasteiger partial charge in [-0.1, -0.05) is 120 Å². The van der Waals surface area contributed by atoms with Gasteiger partial charge >= 0.3 is 23.9 Å². The number of nitrogens with one attached hydrogen (secondary N) is 8. The lowest BCUT2D eigenvalue weighted by Crippen LogP contribution is -2.41. The van der Waals surface area contributed by atoms with Crippen molar-refractivity contribution in [2.24, 2.45) is 17.8 Å². The number of carbonyl (C=O) groups excluding carboxylic acids is 14. The van der Waals surface area contributed by atoms with Crippen LogP contribution in [-0.2, 0) is 137 Å². The number of unbranched alkanes of at least 4 members (excludes halogenated alkanes) is 8. The Morgan fingerprint density at radius 2 is 0.637 bits per heavy atom. The molecule has 0 aromatic heterocycles. The second-order valence-corrected chi connectivity index (χ2v) is 33.2. The Kier molecular flexibility index (Phi) is 74.7. The monoisotopic (exact) mass is 1920 g/mol. The average molecular weight is 1920 g/mol. The van der Waals surface area contributed by atoms with Crippen LogP contribution in [0, 0.1) is 17.8 Å².